The molecule has 1 aliphatic heterocycles. The van der Waals surface area contributed by atoms with Crippen molar-refractivity contribution in [2.45, 2.75) is 45.8 Å². The van der Waals surface area contributed by atoms with E-state index < -0.39 is 5.82 Å². The number of amides is 2. The van der Waals surface area contributed by atoms with Crippen LogP contribution in [0, 0.1) is 5.82 Å². The van der Waals surface area contributed by atoms with Gasteiger partial charge in [-0.1, -0.05) is 6.07 Å². The van der Waals surface area contributed by atoms with Crippen LogP contribution in [0.25, 0.3) is 0 Å². The summed E-state index contributed by atoms with van der Waals surface area (Å²) in [5.74, 6) is -0.283. The topological polar surface area (TPSA) is 61.9 Å². The van der Waals surface area contributed by atoms with Crippen molar-refractivity contribution in [1.82, 2.24) is 15.1 Å². The van der Waals surface area contributed by atoms with E-state index in [1.807, 2.05) is 18.7 Å². The van der Waals surface area contributed by atoms with E-state index in [1.165, 1.54) is 20.1 Å². The van der Waals surface area contributed by atoms with Gasteiger partial charge in [0.05, 0.1) is 13.2 Å². The van der Waals surface area contributed by atoms with E-state index in [4.69, 9.17) is 4.74 Å². The van der Waals surface area contributed by atoms with E-state index in [2.05, 4.69) is 5.32 Å². The van der Waals surface area contributed by atoms with Crippen LogP contribution in [0.15, 0.2) is 18.2 Å². The lowest BCUT2D eigenvalue weighted by molar-refractivity contribution is -0.135. The summed E-state index contributed by atoms with van der Waals surface area (Å²) in [6, 6.07) is 4.42. The largest absolute Gasteiger partial charge is 0.494 e. The number of rotatable bonds is 7. The average Bonchev–Trinajstić information content (AvgIpc) is 2.97. The van der Waals surface area contributed by atoms with Crippen LogP contribution in [-0.2, 0) is 16.1 Å². The lowest BCUT2D eigenvalue weighted by Gasteiger charge is -2.28. The van der Waals surface area contributed by atoms with Crippen LogP contribution < -0.4 is 10.1 Å². The molecule has 0 bridgehead atoms. The highest BCUT2D eigenvalue weighted by atomic mass is 19.1. The Hall–Kier alpha value is -2.15. The Morgan fingerprint density at radius 3 is 2.58 bits per heavy atom. The van der Waals surface area contributed by atoms with Gasteiger partial charge in [0.2, 0.25) is 11.8 Å². The number of likely N-dealkylation sites (N-methyl/N-ethyl adjacent to an activating group) is 1. The van der Waals surface area contributed by atoms with Crippen molar-refractivity contribution < 1.29 is 18.7 Å². The number of hydrogen-bond donors (Lipinski definition) is 1. The molecule has 1 aliphatic rings. The second-order valence-corrected chi connectivity index (χ2v) is 6.56. The molecule has 1 saturated heterocycles. The minimum atomic E-state index is -0.422. The molecule has 0 aliphatic carbocycles. The molecular weight excluding hydrogens is 337 g/mol. The third-order valence-electron chi connectivity index (χ3n) is 4.77. The zero-order chi connectivity index (χ0) is 19.3. The van der Waals surface area contributed by atoms with Crippen LogP contribution in [0.2, 0.25) is 0 Å². The quantitative estimate of drug-likeness (QED) is 0.800. The maximum atomic E-state index is 14.0. The standard InChI is InChI=1S/C19H28FN3O3/c1-5-22(6-2)19(25)17-10-15(21-13(3)24)12-23(17)11-14-7-8-18(26-4)16(20)9-14/h7-9,15,17H,5-6,10-12H2,1-4H3,(H,21,24). The fraction of sp³-hybridized carbons (Fsp3) is 0.579. The SMILES string of the molecule is CCN(CC)C(=O)C1CC(NC(C)=O)CN1Cc1ccc(OC)c(F)c1. The molecule has 0 aromatic heterocycles. The molecule has 144 valence electrons. The Balaban J connectivity index is 2.19. The Labute approximate surface area is 154 Å². The highest BCUT2D eigenvalue weighted by Gasteiger charge is 2.38. The zero-order valence-electron chi connectivity index (χ0n) is 15.9. The fourth-order valence-corrected chi connectivity index (χ4v) is 3.52. The molecule has 0 saturated carbocycles. The van der Waals surface area contributed by atoms with Gasteiger partial charge in [-0.25, -0.2) is 4.39 Å². The van der Waals surface area contributed by atoms with Gasteiger partial charge in [0.15, 0.2) is 11.6 Å². The molecule has 1 N–H and O–H groups in total. The van der Waals surface area contributed by atoms with E-state index in [-0.39, 0.29) is 29.6 Å². The molecule has 0 radical (unpaired) electrons. The third-order valence-corrected chi connectivity index (χ3v) is 4.77. The minimum Gasteiger partial charge on any atom is -0.494 e. The molecule has 7 heteroatoms. The van der Waals surface area contributed by atoms with Crippen molar-refractivity contribution in [3.05, 3.63) is 29.6 Å². The molecule has 2 unspecified atom stereocenters. The van der Waals surface area contributed by atoms with Gasteiger partial charge in [-0.2, -0.15) is 0 Å². The summed E-state index contributed by atoms with van der Waals surface area (Å²) in [4.78, 5) is 28.1. The molecular formula is C19H28FN3O3. The number of halogens is 1. The number of benzene rings is 1. The average molecular weight is 365 g/mol. The summed E-state index contributed by atoms with van der Waals surface area (Å²) in [7, 11) is 1.43. The van der Waals surface area contributed by atoms with Crippen molar-refractivity contribution in [2.24, 2.45) is 0 Å². The summed E-state index contributed by atoms with van der Waals surface area (Å²) in [6.07, 6.45) is 0.563. The molecule has 2 rings (SSSR count). The maximum absolute atomic E-state index is 14.0. The fourth-order valence-electron chi connectivity index (χ4n) is 3.52. The van der Waals surface area contributed by atoms with Gasteiger partial charge in [0, 0.05) is 39.1 Å². The van der Waals surface area contributed by atoms with Gasteiger partial charge in [0.1, 0.15) is 0 Å². The molecule has 0 spiro atoms. The Morgan fingerprint density at radius 2 is 2.04 bits per heavy atom. The van der Waals surface area contributed by atoms with Gasteiger partial charge in [0.25, 0.3) is 0 Å². The highest BCUT2D eigenvalue weighted by Crippen LogP contribution is 2.25. The van der Waals surface area contributed by atoms with Gasteiger partial charge in [-0.05, 0) is 38.0 Å². The minimum absolute atomic E-state index is 0.0526. The number of methoxy groups -OCH3 is 1. The van der Waals surface area contributed by atoms with E-state index in [0.717, 1.165) is 5.56 Å². The van der Waals surface area contributed by atoms with Crippen LogP contribution in [-0.4, -0.2) is 60.4 Å². The predicted molar refractivity (Wildman–Crippen MR) is 97.3 cm³/mol. The van der Waals surface area contributed by atoms with Crippen molar-refractivity contribution in [1.29, 1.82) is 0 Å². The number of likely N-dealkylation sites (tertiary alicyclic amines) is 1. The Morgan fingerprint density at radius 1 is 1.35 bits per heavy atom. The smallest absolute Gasteiger partial charge is 0.240 e. The summed E-state index contributed by atoms with van der Waals surface area (Å²) >= 11 is 0. The number of carbonyl (C=O) groups excluding carboxylic acids is 2. The predicted octanol–water partition coefficient (Wildman–Crippen LogP) is 1.78. The second-order valence-electron chi connectivity index (χ2n) is 6.56. The summed E-state index contributed by atoms with van der Waals surface area (Å²) < 4.78 is 18.9. The molecule has 6 nitrogen and oxygen atoms in total. The molecule has 1 aromatic carbocycles. The number of hydrogen-bond acceptors (Lipinski definition) is 4. The van der Waals surface area contributed by atoms with Crippen molar-refractivity contribution in [2.75, 3.05) is 26.7 Å². The van der Waals surface area contributed by atoms with E-state index in [1.54, 1.807) is 17.0 Å². The number of nitrogens with zero attached hydrogens (tertiary/aromatic N) is 2. The van der Waals surface area contributed by atoms with Crippen LogP contribution in [0.1, 0.15) is 32.8 Å². The first-order valence-corrected chi connectivity index (χ1v) is 9.01. The van der Waals surface area contributed by atoms with E-state index >= 15 is 0 Å². The van der Waals surface area contributed by atoms with Crippen LogP contribution >= 0.6 is 0 Å². The van der Waals surface area contributed by atoms with Crippen LogP contribution in [0.3, 0.4) is 0 Å². The van der Waals surface area contributed by atoms with Gasteiger partial charge >= 0.3 is 0 Å². The molecule has 1 aromatic rings. The second kappa shape index (κ2) is 8.98. The summed E-state index contributed by atoms with van der Waals surface area (Å²) in [5, 5.41) is 2.90. The molecule has 1 heterocycles. The normalized spacial score (nSPS) is 20.0. The summed E-state index contributed by atoms with van der Waals surface area (Å²) in [5.41, 5.74) is 0.768. The van der Waals surface area contributed by atoms with E-state index in [9.17, 15) is 14.0 Å². The summed E-state index contributed by atoms with van der Waals surface area (Å²) in [6.45, 7) is 7.65. The van der Waals surface area contributed by atoms with Gasteiger partial charge < -0.3 is 15.0 Å². The lowest BCUT2D eigenvalue weighted by Crippen LogP contribution is -2.45. The van der Waals surface area contributed by atoms with Crippen molar-refractivity contribution in [3.8, 4) is 5.75 Å². The third kappa shape index (κ3) is 4.72. The first-order valence-electron chi connectivity index (χ1n) is 9.01. The monoisotopic (exact) mass is 365 g/mol. The molecule has 2 amide bonds. The number of nitrogens with one attached hydrogen (secondary N) is 1. The van der Waals surface area contributed by atoms with Gasteiger partial charge in [-0.3, -0.25) is 14.5 Å². The first-order chi connectivity index (χ1) is 12.4. The van der Waals surface area contributed by atoms with Gasteiger partial charge in [-0.15, -0.1) is 0 Å². The molecule has 26 heavy (non-hydrogen) atoms. The number of ether oxygens (including phenoxy) is 1. The van der Waals surface area contributed by atoms with E-state index in [0.29, 0.717) is 32.6 Å². The van der Waals surface area contributed by atoms with Crippen molar-refractivity contribution in [3.63, 3.8) is 0 Å². The zero-order valence-corrected chi connectivity index (χ0v) is 15.9. The lowest BCUT2D eigenvalue weighted by atomic mass is 10.1. The van der Waals surface area contributed by atoms with Crippen LogP contribution in [0.5, 0.6) is 5.75 Å². The molecule has 1 fully saturated rings. The van der Waals surface area contributed by atoms with Crippen molar-refractivity contribution >= 4 is 11.8 Å². The number of carbonyl (C=O) groups is 2. The Kier molecular flexibility index (Phi) is 6.97. The molecule has 2 atom stereocenters. The van der Waals surface area contributed by atoms with Crippen LogP contribution in [0.4, 0.5) is 4.39 Å². The maximum Gasteiger partial charge on any atom is 0.240 e. The first kappa shape index (κ1) is 20.2. The highest BCUT2D eigenvalue weighted by molar-refractivity contribution is 5.82. The Bertz CT molecular complexity index is 649.